The second-order valence-corrected chi connectivity index (χ2v) is 8.59. The lowest BCUT2D eigenvalue weighted by molar-refractivity contribution is -0.154. The Kier molecular flexibility index (Phi) is 4.88. The van der Waals surface area contributed by atoms with Gasteiger partial charge in [-0.15, -0.1) is 23.4 Å². The molecule has 2 aliphatic heterocycles. The molecule has 4 rings (SSSR count). The number of thioether (sulfide) groups is 1. The zero-order valence-electron chi connectivity index (χ0n) is 14.5. The monoisotopic (exact) mass is 402 g/mol. The Labute approximate surface area is 166 Å². The molecule has 0 aliphatic carbocycles. The van der Waals surface area contributed by atoms with Gasteiger partial charge >= 0.3 is 5.97 Å². The molecule has 2 saturated heterocycles. The minimum Gasteiger partial charge on any atom is -0.451 e. The van der Waals surface area contributed by atoms with E-state index in [4.69, 9.17) is 22.1 Å². The van der Waals surface area contributed by atoms with Gasteiger partial charge in [-0.3, -0.25) is 9.59 Å². The number of nitrogens with two attached hydrogens (primary N) is 1. The number of β-lactam (4-membered cyclic amide) rings is 1. The van der Waals surface area contributed by atoms with E-state index >= 15 is 0 Å². The van der Waals surface area contributed by atoms with Crippen molar-refractivity contribution in [2.75, 3.05) is 12.3 Å². The zero-order chi connectivity index (χ0) is 19.0. The lowest BCUT2D eigenvalue weighted by atomic mass is 10.0. The highest BCUT2D eigenvalue weighted by Crippen LogP contribution is 2.41. The quantitative estimate of drug-likeness (QED) is 0.483. The fourth-order valence-electron chi connectivity index (χ4n) is 3.37. The van der Waals surface area contributed by atoms with Gasteiger partial charge in [0.15, 0.2) is 11.0 Å². The predicted molar refractivity (Wildman–Crippen MR) is 105 cm³/mol. The van der Waals surface area contributed by atoms with Crippen molar-refractivity contribution in [3.8, 4) is 0 Å². The molecule has 0 spiro atoms. The molecule has 3 atom stereocenters. The zero-order valence-corrected chi connectivity index (χ0v) is 16.0. The summed E-state index contributed by atoms with van der Waals surface area (Å²) in [5, 5.41) is -0.101. The van der Waals surface area contributed by atoms with E-state index in [2.05, 4.69) is 0 Å². The van der Waals surface area contributed by atoms with Gasteiger partial charge in [0.25, 0.3) is 0 Å². The molecule has 2 fully saturated rings. The standard InChI is InChI=1S/C20H19ClN2O3S/c21-20(11-23-17(24)15(22)18(23)27-12-20)19(25)26-16(13-7-3-1-4-8-13)14-9-5-2-6-10-14/h1-10,15-16,18H,11-12,22H2/t15?,18-,20?/m1/s1. The molecular weight excluding hydrogens is 384 g/mol. The summed E-state index contributed by atoms with van der Waals surface area (Å²) in [6, 6.07) is 18.6. The number of amides is 1. The Morgan fingerprint density at radius 1 is 1.15 bits per heavy atom. The molecule has 140 valence electrons. The van der Waals surface area contributed by atoms with Gasteiger partial charge in [0.2, 0.25) is 5.91 Å². The Morgan fingerprint density at radius 3 is 2.26 bits per heavy atom. The summed E-state index contributed by atoms with van der Waals surface area (Å²) in [6.07, 6.45) is -0.562. The van der Waals surface area contributed by atoms with Crippen LogP contribution in [0.25, 0.3) is 0 Å². The van der Waals surface area contributed by atoms with Gasteiger partial charge in [-0.1, -0.05) is 60.7 Å². The van der Waals surface area contributed by atoms with E-state index in [9.17, 15) is 9.59 Å². The average Bonchev–Trinajstić information content (AvgIpc) is 2.72. The third kappa shape index (κ3) is 3.33. The van der Waals surface area contributed by atoms with Crippen LogP contribution < -0.4 is 5.73 Å². The molecule has 1 amide bonds. The van der Waals surface area contributed by atoms with Crippen molar-refractivity contribution < 1.29 is 14.3 Å². The molecule has 2 aromatic carbocycles. The second kappa shape index (κ2) is 7.19. The van der Waals surface area contributed by atoms with Crippen molar-refractivity contribution in [2.45, 2.75) is 22.4 Å². The summed E-state index contributed by atoms with van der Waals surface area (Å²) >= 11 is 8.05. The van der Waals surface area contributed by atoms with Gasteiger partial charge < -0.3 is 15.4 Å². The van der Waals surface area contributed by atoms with Crippen LogP contribution in [0.2, 0.25) is 0 Å². The normalized spacial score (nSPS) is 27.1. The molecule has 2 heterocycles. The molecule has 5 nitrogen and oxygen atoms in total. The molecule has 2 aliphatic rings. The maximum atomic E-state index is 13.0. The van der Waals surface area contributed by atoms with Crippen LogP contribution >= 0.6 is 23.4 Å². The van der Waals surface area contributed by atoms with Crippen LogP contribution in [0.1, 0.15) is 17.2 Å². The Morgan fingerprint density at radius 2 is 1.70 bits per heavy atom. The molecule has 2 unspecified atom stereocenters. The first-order chi connectivity index (χ1) is 13.0. The fourth-order valence-corrected chi connectivity index (χ4v) is 5.05. The predicted octanol–water partition coefficient (Wildman–Crippen LogP) is 2.54. The Hall–Kier alpha value is -2.02. The third-order valence-corrected chi connectivity index (χ3v) is 7.00. The van der Waals surface area contributed by atoms with Crippen molar-refractivity contribution in [3.63, 3.8) is 0 Å². The number of benzene rings is 2. The SMILES string of the molecule is NC1C(=O)N2CC(Cl)(C(=O)OC(c3ccccc3)c3ccccc3)CS[C@H]12. The molecule has 27 heavy (non-hydrogen) atoms. The molecule has 0 bridgehead atoms. The smallest absolute Gasteiger partial charge is 0.330 e. The van der Waals surface area contributed by atoms with E-state index in [1.54, 1.807) is 4.90 Å². The number of fused-ring (bicyclic) bond motifs is 1. The van der Waals surface area contributed by atoms with Crippen molar-refractivity contribution in [3.05, 3.63) is 71.8 Å². The molecule has 2 N–H and O–H groups in total. The van der Waals surface area contributed by atoms with Gasteiger partial charge in [0.05, 0.1) is 6.54 Å². The Balaban J connectivity index is 1.56. The summed E-state index contributed by atoms with van der Waals surface area (Å²) in [5.41, 5.74) is 7.53. The first kappa shape index (κ1) is 18.3. The van der Waals surface area contributed by atoms with Crippen molar-refractivity contribution >= 4 is 35.2 Å². The molecular formula is C20H19ClN2O3S. The minimum absolute atomic E-state index is 0.101. The highest BCUT2D eigenvalue weighted by Gasteiger charge is 2.56. The second-order valence-electron chi connectivity index (χ2n) is 6.77. The van der Waals surface area contributed by atoms with Crippen molar-refractivity contribution in [2.24, 2.45) is 5.73 Å². The lowest BCUT2D eigenvalue weighted by Crippen LogP contribution is -2.72. The van der Waals surface area contributed by atoms with Crippen LogP contribution in [-0.4, -0.2) is 45.4 Å². The van der Waals surface area contributed by atoms with Gasteiger partial charge in [-0.2, -0.15) is 0 Å². The van der Waals surface area contributed by atoms with Crippen LogP contribution in [0.4, 0.5) is 0 Å². The number of hydrogen-bond donors (Lipinski definition) is 1. The number of ether oxygens (including phenoxy) is 1. The van der Waals surface area contributed by atoms with Crippen LogP contribution in [0.5, 0.6) is 0 Å². The molecule has 2 aromatic rings. The number of carbonyl (C=O) groups excluding carboxylic acids is 2. The topological polar surface area (TPSA) is 72.6 Å². The first-order valence-electron chi connectivity index (χ1n) is 8.67. The van der Waals surface area contributed by atoms with Crippen molar-refractivity contribution in [1.29, 1.82) is 0 Å². The molecule has 0 saturated carbocycles. The summed E-state index contributed by atoms with van der Waals surface area (Å²) in [6.45, 7) is 0.119. The van der Waals surface area contributed by atoms with E-state index in [0.29, 0.717) is 5.75 Å². The fraction of sp³-hybridized carbons (Fsp3) is 0.300. The molecule has 0 aromatic heterocycles. The summed E-state index contributed by atoms with van der Waals surface area (Å²) in [7, 11) is 0. The van der Waals surface area contributed by atoms with Crippen LogP contribution in [0.3, 0.4) is 0 Å². The van der Waals surface area contributed by atoms with E-state index < -0.39 is 23.0 Å². The maximum Gasteiger partial charge on any atom is 0.330 e. The van der Waals surface area contributed by atoms with Crippen LogP contribution in [-0.2, 0) is 14.3 Å². The van der Waals surface area contributed by atoms with E-state index in [-0.39, 0.29) is 17.8 Å². The lowest BCUT2D eigenvalue weighted by Gasteiger charge is -2.51. The van der Waals surface area contributed by atoms with E-state index in [1.807, 2.05) is 60.7 Å². The number of alkyl halides is 1. The highest BCUT2D eigenvalue weighted by molar-refractivity contribution is 8.00. The number of esters is 1. The Bertz CT molecular complexity index is 811. The summed E-state index contributed by atoms with van der Waals surface area (Å²) in [4.78, 5) is 25.2. The van der Waals surface area contributed by atoms with E-state index in [1.165, 1.54) is 11.8 Å². The summed E-state index contributed by atoms with van der Waals surface area (Å²) < 4.78 is 5.88. The first-order valence-corrected chi connectivity index (χ1v) is 10.1. The van der Waals surface area contributed by atoms with Gasteiger partial charge in [0.1, 0.15) is 11.4 Å². The average molecular weight is 403 g/mol. The van der Waals surface area contributed by atoms with E-state index in [0.717, 1.165) is 11.1 Å². The van der Waals surface area contributed by atoms with Gasteiger partial charge in [-0.05, 0) is 11.1 Å². The number of carbonyl (C=O) groups is 2. The number of nitrogens with zero attached hydrogens (tertiary/aromatic N) is 1. The largest absolute Gasteiger partial charge is 0.451 e. The molecule has 0 radical (unpaired) electrons. The number of rotatable bonds is 4. The van der Waals surface area contributed by atoms with Gasteiger partial charge in [-0.25, -0.2) is 0 Å². The minimum atomic E-state index is -1.28. The maximum absolute atomic E-state index is 13.0. The van der Waals surface area contributed by atoms with Gasteiger partial charge in [0, 0.05) is 5.75 Å². The third-order valence-electron chi connectivity index (χ3n) is 4.88. The number of hydrogen-bond acceptors (Lipinski definition) is 5. The summed E-state index contributed by atoms with van der Waals surface area (Å²) in [5.74, 6) is -0.347. The number of halogens is 1. The highest BCUT2D eigenvalue weighted by atomic mass is 35.5. The van der Waals surface area contributed by atoms with Crippen molar-refractivity contribution in [1.82, 2.24) is 4.90 Å². The van der Waals surface area contributed by atoms with Crippen LogP contribution in [0, 0.1) is 0 Å². The molecule has 7 heteroatoms. The van der Waals surface area contributed by atoms with Crippen LogP contribution in [0.15, 0.2) is 60.7 Å².